The van der Waals surface area contributed by atoms with E-state index in [-0.39, 0.29) is 6.42 Å². The lowest BCUT2D eigenvalue weighted by Crippen LogP contribution is -2.42. The first-order chi connectivity index (χ1) is 12.0. The predicted octanol–water partition coefficient (Wildman–Crippen LogP) is 3.73. The van der Waals surface area contributed by atoms with Crippen molar-refractivity contribution in [1.29, 1.82) is 0 Å². The van der Waals surface area contributed by atoms with Gasteiger partial charge in [0.1, 0.15) is 6.04 Å². The Bertz CT molecular complexity index is 390. The van der Waals surface area contributed by atoms with Crippen molar-refractivity contribution >= 4 is 17.8 Å². The van der Waals surface area contributed by atoms with E-state index in [4.69, 9.17) is 11.6 Å². The third kappa shape index (κ3) is 14.0. The molecule has 24 heavy (non-hydrogen) atoms. The number of carboxylic acids is 2. The van der Waals surface area contributed by atoms with Crippen molar-refractivity contribution in [2.45, 2.75) is 96.4 Å². The number of amides is 1. The molecule has 0 aromatic heterocycles. The second-order valence-corrected chi connectivity index (χ2v) is 6.20. The van der Waals surface area contributed by atoms with Crippen LogP contribution in [0.5, 0.6) is 0 Å². The number of unbranched alkanes of at least 4 members (excludes halogenated alkanes) is 10. The maximum atomic E-state index is 11.6. The van der Waals surface area contributed by atoms with Crippen molar-refractivity contribution in [1.82, 2.24) is 5.32 Å². The zero-order valence-electron chi connectivity index (χ0n) is 15.6. The molecular formula is C18H33NO5. The van der Waals surface area contributed by atoms with Crippen LogP contribution >= 0.6 is 0 Å². The number of nitrogens with one attached hydrogen (secondary N) is 1. The first-order valence-corrected chi connectivity index (χ1v) is 9.00. The summed E-state index contributed by atoms with van der Waals surface area (Å²) in [5.74, 6) is -2.97. The van der Waals surface area contributed by atoms with Crippen LogP contribution in [0.2, 0.25) is 0 Å². The molecule has 6 heteroatoms. The molecule has 140 valence electrons. The molecule has 1 amide bonds. The molecule has 0 aromatic carbocycles. The summed E-state index contributed by atoms with van der Waals surface area (Å²) in [5, 5.41) is 19.7. The number of hydrogen-bond acceptors (Lipinski definition) is 3. The lowest BCUT2D eigenvalue weighted by Gasteiger charge is -2.12. The molecule has 0 unspecified atom stereocenters. The first-order valence-electron chi connectivity index (χ1n) is 9.71. The summed E-state index contributed by atoms with van der Waals surface area (Å²) in [5.41, 5.74) is 0. The SMILES string of the molecule is [2H]CCCCCCCCCCCCCC(=O)N[C@@H](CC(=O)O)C(=O)O. The largest absolute Gasteiger partial charge is 0.481 e. The van der Waals surface area contributed by atoms with E-state index in [1.807, 2.05) is 0 Å². The van der Waals surface area contributed by atoms with E-state index >= 15 is 0 Å². The van der Waals surface area contributed by atoms with E-state index < -0.39 is 30.3 Å². The van der Waals surface area contributed by atoms with Gasteiger partial charge in [-0.3, -0.25) is 9.59 Å². The average Bonchev–Trinajstić information content (AvgIpc) is 2.54. The lowest BCUT2D eigenvalue weighted by atomic mass is 10.1. The second kappa shape index (κ2) is 15.0. The Morgan fingerprint density at radius 1 is 0.875 bits per heavy atom. The molecule has 0 fully saturated rings. The molecule has 0 bridgehead atoms. The minimum atomic E-state index is -1.36. The molecule has 0 saturated heterocycles. The van der Waals surface area contributed by atoms with E-state index in [2.05, 4.69) is 5.32 Å². The van der Waals surface area contributed by atoms with E-state index in [0.717, 1.165) is 25.7 Å². The summed E-state index contributed by atoms with van der Waals surface area (Å²) in [4.78, 5) is 33.0. The summed E-state index contributed by atoms with van der Waals surface area (Å²) in [6.45, 7) is 0.536. The highest BCUT2D eigenvalue weighted by Gasteiger charge is 2.22. The number of carboxylic acid groups (broad SMARTS) is 2. The molecule has 0 aliphatic rings. The Morgan fingerprint density at radius 3 is 1.83 bits per heavy atom. The normalized spacial score (nSPS) is 12.4. The summed E-state index contributed by atoms with van der Waals surface area (Å²) in [7, 11) is 0. The summed E-state index contributed by atoms with van der Waals surface area (Å²) in [6.07, 6.45) is 11.8. The molecule has 0 radical (unpaired) electrons. The Morgan fingerprint density at radius 2 is 1.38 bits per heavy atom. The Kier molecular flexibility index (Phi) is 12.8. The van der Waals surface area contributed by atoms with Crippen LogP contribution < -0.4 is 5.32 Å². The van der Waals surface area contributed by atoms with Crippen LogP contribution in [-0.4, -0.2) is 34.1 Å². The molecule has 0 rings (SSSR count). The average molecular weight is 344 g/mol. The molecule has 0 aliphatic heterocycles. The number of carbonyl (C=O) groups excluding carboxylic acids is 1. The molecule has 0 aliphatic carbocycles. The Labute approximate surface area is 146 Å². The van der Waals surface area contributed by atoms with Gasteiger partial charge in [0.25, 0.3) is 0 Å². The minimum absolute atomic E-state index is 0.236. The highest BCUT2D eigenvalue weighted by Crippen LogP contribution is 2.12. The molecule has 1 atom stereocenters. The van der Waals surface area contributed by atoms with Crippen molar-refractivity contribution in [2.24, 2.45) is 0 Å². The van der Waals surface area contributed by atoms with Gasteiger partial charge in [0.2, 0.25) is 5.91 Å². The van der Waals surface area contributed by atoms with Crippen LogP contribution in [-0.2, 0) is 14.4 Å². The van der Waals surface area contributed by atoms with Gasteiger partial charge in [-0.25, -0.2) is 4.79 Å². The monoisotopic (exact) mass is 344 g/mol. The fourth-order valence-corrected chi connectivity index (χ4v) is 2.52. The van der Waals surface area contributed by atoms with Crippen LogP contribution in [0.4, 0.5) is 0 Å². The lowest BCUT2D eigenvalue weighted by molar-refractivity contribution is -0.147. The molecule has 0 aromatic rings. The third-order valence-corrected chi connectivity index (χ3v) is 3.92. The maximum absolute atomic E-state index is 11.6. The van der Waals surface area contributed by atoms with Gasteiger partial charge in [-0.1, -0.05) is 71.1 Å². The van der Waals surface area contributed by atoms with Gasteiger partial charge < -0.3 is 15.5 Å². The molecular weight excluding hydrogens is 310 g/mol. The first kappa shape index (κ1) is 20.5. The minimum Gasteiger partial charge on any atom is -0.481 e. The quantitative estimate of drug-likeness (QED) is 0.370. The number of aliphatic carboxylic acids is 2. The fraction of sp³-hybridized carbons (Fsp3) is 0.833. The highest BCUT2D eigenvalue weighted by molar-refractivity contribution is 5.86. The Hall–Kier alpha value is -1.59. The molecule has 0 spiro atoms. The van der Waals surface area contributed by atoms with Crippen molar-refractivity contribution in [3.8, 4) is 0 Å². The fourth-order valence-electron chi connectivity index (χ4n) is 2.52. The topological polar surface area (TPSA) is 104 Å². The van der Waals surface area contributed by atoms with Gasteiger partial charge in [-0.2, -0.15) is 0 Å². The van der Waals surface area contributed by atoms with Gasteiger partial charge in [0.05, 0.1) is 6.42 Å². The van der Waals surface area contributed by atoms with Crippen LogP contribution in [0.3, 0.4) is 0 Å². The van der Waals surface area contributed by atoms with Gasteiger partial charge in [0.15, 0.2) is 0 Å². The molecule has 3 N–H and O–H groups in total. The zero-order chi connectivity index (χ0) is 18.9. The van der Waals surface area contributed by atoms with E-state index in [0.29, 0.717) is 13.3 Å². The zero-order valence-corrected chi connectivity index (χ0v) is 14.6. The highest BCUT2D eigenvalue weighted by atomic mass is 16.4. The smallest absolute Gasteiger partial charge is 0.326 e. The van der Waals surface area contributed by atoms with Gasteiger partial charge >= 0.3 is 11.9 Å². The van der Waals surface area contributed by atoms with Crippen molar-refractivity contribution in [3.05, 3.63) is 0 Å². The standard InChI is InChI=1S/C18H33NO5/c1-2-3-4-5-6-7-8-9-10-11-12-13-16(20)19-15(18(23)24)14-17(21)22/h15H,2-14H2,1H3,(H,19,20)(H,21,22)(H,23,24)/t15-/m0/s1/i1D. The van der Waals surface area contributed by atoms with Crippen LogP contribution in [0.25, 0.3) is 0 Å². The van der Waals surface area contributed by atoms with Gasteiger partial charge in [-0.15, -0.1) is 0 Å². The van der Waals surface area contributed by atoms with Gasteiger partial charge in [-0.05, 0) is 6.42 Å². The van der Waals surface area contributed by atoms with Crippen LogP contribution in [0.1, 0.15) is 91.7 Å². The molecule has 6 nitrogen and oxygen atoms in total. The Balaban J connectivity index is 3.50. The predicted molar refractivity (Wildman–Crippen MR) is 92.9 cm³/mol. The van der Waals surface area contributed by atoms with Crippen LogP contribution in [0, 0.1) is 0 Å². The third-order valence-electron chi connectivity index (χ3n) is 3.92. The van der Waals surface area contributed by atoms with Crippen molar-refractivity contribution in [3.63, 3.8) is 0 Å². The second-order valence-electron chi connectivity index (χ2n) is 6.20. The summed E-state index contributed by atoms with van der Waals surface area (Å²) in [6, 6.07) is -1.36. The number of hydrogen-bond donors (Lipinski definition) is 3. The summed E-state index contributed by atoms with van der Waals surface area (Å²) < 4.78 is 7.06. The van der Waals surface area contributed by atoms with Crippen molar-refractivity contribution in [2.75, 3.05) is 0 Å². The van der Waals surface area contributed by atoms with E-state index in [1.165, 1.54) is 38.5 Å². The van der Waals surface area contributed by atoms with E-state index in [1.54, 1.807) is 0 Å². The van der Waals surface area contributed by atoms with Gasteiger partial charge in [0, 0.05) is 7.79 Å². The summed E-state index contributed by atoms with van der Waals surface area (Å²) >= 11 is 0. The van der Waals surface area contributed by atoms with Crippen LogP contribution in [0.15, 0.2) is 0 Å². The maximum Gasteiger partial charge on any atom is 0.326 e. The number of rotatable bonds is 16. The molecule has 0 saturated carbocycles. The van der Waals surface area contributed by atoms with Crippen molar-refractivity contribution < 1.29 is 26.0 Å². The number of carbonyl (C=O) groups is 3. The molecule has 0 heterocycles. The van der Waals surface area contributed by atoms with E-state index in [9.17, 15) is 14.4 Å².